The van der Waals surface area contributed by atoms with Crippen LogP contribution < -0.4 is 10.0 Å². The summed E-state index contributed by atoms with van der Waals surface area (Å²) in [4.78, 5) is 16.0. The summed E-state index contributed by atoms with van der Waals surface area (Å²) >= 11 is 0. The predicted octanol–water partition coefficient (Wildman–Crippen LogP) is 2.02. The smallest absolute Gasteiger partial charge is 0.229 e. The number of hydrogen-bond acceptors (Lipinski definition) is 4. The first kappa shape index (κ1) is 16.0. The number of pyridine rings is 1. The number of nitrogens with zero attached hydrogens (tertiary/aromatic N) is 1. The fourth-order valence-corrected chi connectivity index (χ4v) is 2.47. The molecule has 116 valence electrons. The van der Waals surface area contributed by atoms with E-state index in [1.807, 2.05) is 12.1 Å². The van der Waals surface area contributed by atoms with E-state index in [-0.39, 0.29) is 5.91 Å². The third-order valence-electron chi connectivity index (χ3n) is 2.86. The fourth-order valence-electron chi connectivity index (χ4n) is 1.90. The zero-order valence-electron chi connectivity index (χ0n) is 12.1. The highest BCUT2D eigenvalue weighted by Gasteiger charge is 2.10. The van der Waals surface area contributed by atoms with Crippen molar-refractivity contribution in [1.82, 2.24) is 4.98 Å². The third-order valence-corrected chi connectivity index (χ3v) is 3.45. The van der Waals surface area contributed by atoms with E-state index < -0.39 is 10.0 Å². The lowest BCUT2D eigenvalue weighted by atomic mass is 10.1. The second kappa shape index (κ2) is 7.04. The van der Waals surface area contributed by atoms with Crippen LogP contribution in [0.3, 0.4) is 0 Å². The lowest BCUT2D eigenvalue weighted by molar-refractivity contribution is -0.116. The van der Waals surface area contributed by atoms with E-state index in [9.17, 15) is 13.2 Å². The van der Waals surface area contributed by atoms with Gasteiger partial charge in [-0.1, -0.05) is 18.2 Å². The van der Waals surface area contributed by atoms with E-state index in [1.54, 1.807) is 36.7 Å². The molecule has 0 fully saturated rings. The number of anilines is 2. The van der Waals surface area contributed by atoms with Crippen LogP contribution in [0.15, 0.2) is 48.8 Å². The van der Waals surface area contributed by atoms with E-state index in [1.165, 1.54) is 0 Å². The van der Waals surface area contributed by atoms with Crippen molar-refractivity contribution in [1.29, 1.82) is 0 Å². The van der Waals surface area contributed by atoms with Gasteiger partial charge in [0.1, 0.15) is 0 Å². The van der Waals surface area contributed by atoms with E-state index in [4.69, 9.17) is 0 Å². The molecule has 1 heterocycles. The summed E-state index contributed by atoms with van der Waals surface area (Å²) in [6.45, 7) is 0. The van der Waals surface area contributed by atoms with Crippen molar-refractivity contribution < 1.29 is 13.2 Å². The minimum atomic E-state index is -3.40. The van der Waals surface area contributed by atoms with Gasteiger partial charge in [0, 0.05) is 18.8 Å². The number of nitrogens with one attached hydrogen (secondary N) is 2. The van der Waals surface area contributed by atoms with Gasteiger partial charge < -0.3 is 5.32 Å². The van der Waals surface area contributed by atoms with Crippen LogP contribution in [-0.4, -0.2) is 25.6 Å². The molecule has 2 N–H and O–H groups in total. The van der Waals surface area contributed by atoms with Crippen LogP contribution >= 0.6 is 0 Å². The zero-order chi connectivity index (χ0) is 16.0. The number of para-hydroxylation sites is 2. The van der Waals surface area contributed by atoms with Gasteiger partial charge in [-0.3, -0.25) is 14.5 Å². The molecule has 2 rings (SSSR count). The monoisotopic (exact) mass is 319 g/mol. The van der Waals surface area contributed by atoms with Crippen molar-refractivity contribution in [3.8, 4) is 0 Å². The fraction of sp³-hybridized carbons (Fsp3) is 0.200. The third kappa shape index (κ3) is 5.17. The first-order valence-corrected chi connectivity index (χ1v) is 8.59. The number of aryl methyl sites for hydroxylation is 1. The summed E-state index contributed by atoms with van der Waals surface area (Å²) in [7, 11) is -3.40. The number of carbonyl (C=O) groups excluding carboxylic acids is 1. The van der Waals surface area contributed by atoms with Gasteiger partial charge in [-0.05, 0) is 30.2 Å². The van der Waals surface area contributed by atoms with E-state index in [0.29, 0.717) is 24.2 Å². The highest BCUT2D eigenvalue weighted by molar-refractivity contribution is 7.92. The highest BCUT2D eigenvalue weighted by atomic mass is 32.2. The summed E-state index contributed by atoms with van der Waals surface area (Å²) in [6.07, 6.45) is 5.32. The molecule has 0 unspecified atom stereocenters. The standard InChI is InChI=1S/C15H17N3O3S/c1-22(20,21)18-14-7-3-2-6-13(14)17-15(19)9-8-12-5-4-10-16-11-12/h2-7,10-11,18H,8-9H2,1H3,(H,17,19). The molecule has 0 aliphatic carbocycles. The molecule has 0 radical (unpaired) electrons. The van der Waals surface area contributed by atoms with Gasteiger partial charge >= 0.3 is 0 Å². The average molecular weight is 319 g/mol. The molecule has 0 bridgehead atoms. The van der Waals surface area contributed by atoms with Crippen LogP contribution in [0.2, 0.25) is 0 Å². The van der Waals surface area contributed by atoms with Gasteiger partial charge in [-0.15, -0.1) is 0 Å². The minimum absolute atomic E-state index is 0.188. The summed E-state index contributed by atoms with van der Waals surface area (Å²) in [5.74, 6) is -0.188. The largest absolute Gasteiger partial charge is 0.324 e. The first-order valence-electron chi connectivity index (χ1n) is 6.69. The maximum Gasteiger partial charge on any atom is 0.229 e. The van der Waals surface area contributed by atoms with Crippen molar-refractivity contribution >= 4 is 27.3 Å². The van der Waals surface area contributed by atoms with Crippen molar-refractivity contribution in [2.75, 3.05) is 16.3 Å². The van der Waals surface area contributed by atoms with Gasteiger partial charge in [0.2, 0.25) is 15.9 Å². The molecule has 0 spiro atoms. The topological polar surface area (TPSA) is 88.2 Å². The second-order valence-corrected chi connectivity index (χ2v) is 6.58. The predicted molar refractivity (Wildman–Crippen MR) is 86.1 cm³/mol. The molecular formula is C15H17N3O3S. The molecule has 0 atom stereocenters. The lowest BCUT2D eigenvalue weighted by Gasteiger charge is -2.11. The number of benzene rings is 1. The van der Waals surface area contributed by atoms with E-state index >= 15 is 0 Å². The molecule has 0 saturated carbocycles. The number of amides is 1. The van der Waals surface area contributed by atoms with Gasteiger partial charge in [0.25, 0.3) is 0 Å². The van der Waals surface area contributed by atoms with Crippen molar-refractivity contribution in [3.05, 3.63) is 54.4 Å². The Morgan fingerprint density at radius 3 is 2.50 bits per heavy atom. The van der Waals surface area contributed by atoms with Gasteiger partial charge in [-0.2, -0.15) is 0 Å². The zero-order valence-corrected chi connectivity index (χ0v) is 12.9. The van der Waals surface area contributed by atoms with Crippen LogP contribution in [0, 0.1) is 0 Å². The molecule has 7 heteroatoms. The Hall–Kier alpha value is -2.41. The number of aromatic nitrogens is 1. The minimum Gasteiger partial charge on any atom is -0.324 e. The Morgan fingerprint density at radius 2 is 1.86 bits per heavy atom. The first-order chi connectivity index (χ1) is 10.4. The molecule has 0 aliphatic rings. The number of sulfonamides is 1. The van der Waals surface area contributed by atoms with Crippen LogP contribution in [0.25, 0.3) is 0 Å². The van der Waals surface area contributed by atoms with Crippen LogP contribution in [0.1, 0.15) is 12.0 Å². The Kier molecular flexibility index (Phi) is 5.11. The molecule has 2 aromatic rings. The van der Waals surface area contributed by atoms with E-state index in [2.05, 4.69) is 15.0 Å². The molecule has 0 saturated heterocycles. The SMILES string of the molecule is CS(=O)(=O)Nc1ccccc1NC(=O)CCc1cccnc1. The second-order valence-electron chi connectivity index (χ2n) is 4.83. The molecule has 1 aromatic carbocycles. The molecule has 0 aliphatic heterocycles. The molecule has 6 nitrogen and oxygen atoms in total. The number of hydrogen-bond donors (Lipinski definition) is 2. The van der Waals surface area contributed by atoms with Crippen molar-refractivity contribution in [3.63, 3.8) is 0 Å². The normalized spacial score (nSPS) is 11.0. The van der Waals surface area contributed by atoms with E-state index in [0.717, 1.165) is 11.8 Å². The highest BCUT2D eigenvalue weighted by Crippen LogP contribution is 2.22. The van der Waals surface area contributed by atoms with Crippen molar-refractivity contribution in [2.24, 2.45) is 0 Å². The Labute approximate surface area is 129 Å². The van der Waals surface area contributed by atoms with Gasteiger partial charge in [-0.25, -0.2) is 8.42 Å². The van der Waals surface area contributed by atoms with Gasteiger partial charge in [0.05, 0.1) is 17.6 Å². The number of rotatable bonds is 6. The van der Waals surface area contributed by atoms with Crippen LogP contribution in [0.4, 0.5) is 11.4 Å². The molecular weight excluding hydrogens is 302 g/mol. The Morgan fingerprint density at radius 1 is 1.14 bits per heavy atom. The Balaban J connectivity index is 2.00. The summed E-state index contributed by atoms with van der Waals surface area (Å²) in [6, 6.07) is 10.4. The molecule has 1 aromatic heterocycles. The van der Waals surface area contributed by atoms with Crippen molar-refractivity contribution in [2.45, 2.75) is 12.8 Å². The summed E-state index contributed by atoms with van der Waals surface area (Å²) in [5, 5.41) is 2.72. The van der Waals surface area contributed by atoms with Gasteiger partial charge in [0.15, 0.2) is 0 Å². The number of carbonyl (C=O) groups is 1. The summed E-state index contributed by atoms with van der Waals surface area (Å²) < 4.78 is 25.0. The average Bonchev–Trinajstić information content (AvgIpc) is 2.47. The summed E-state index contributed by atoms with van der Waals surface area (Å²) in [5.41, 5.74) is 1.75. The lowest BCUT2D eigenvalue weighted by Crippen LogP contribution is -2.16. The Bertz CT molecular complexity index is 746. The maximum absolute atomic E-state index is 12.0. The van der Waals surface area contributed by atoms with Crippen LogP contribution in [0.5, 0.6) is 0 Å². The quantitative estimate of drug-likeness (QED) is 0.852. The maximum atomic E-state index is 12.0. The molecule has 1 amide bonds. The molecule has 22 heavy (non-hydrogen) atoms. The van der Waals surface area contributed by atoms with Crippen LogP contribution in [-0.2, 0) is 21.2 Å².